The first-order chi connectivity index (χ1) is 12.2. The van der Waals surface area contributed by atoms with Gasteiger partial charge < -0.3 is 9.64 Å². The molecule has 7 heteroatoms. The molecule has 0 spiro atoms. The fraction of sp³-hybridized carbons (Fsp3) is 0.278. The molecular formula is C18H18N4O2S. The van der Waals surface area contributed by atoms with Crippen LogP contribution < -0.4 is 4.74 Å². The fourth-order valence-corrected chi connectivity index (χ4v) is 3.57. The molecule has 1 fully saturated rings. The van der Waals surface area contributed by atoms with Gasteiger partial charge in [-0.3, -0.25) is 14.7 Å². The standard InChI is InChI=1S/C18H18N4O2S/c1-21-8-9-22(12-17(21)23)11-13-2-4-14(5-3-13)24-18-20-15-10-19-7-6-16(15)25-18/h2-7,10H,8-9,11-12H2,1H3. The van der Waals surface area contributed by atoms with E-state index in [2.05, 4.69) is 14.9 Å². The SMILES string of the molecule is CN1CCN(Cc2ccc(Oc3nc4cnccc4s3)cc2)CC1=O. The summed E-state index contributed by atoms with van der Waals surface area (Å²) in [6.07, 6.45) is 3.49. The molecule has 4 rings (SSSR count). The van der Waals surface area contributed by atoms with Crippen molar-refractivity contribution in [3.05, 3.63) is 48.3 Å². The predicted octanol–water partition coefficient (Wildman–Crippen LogP) is 2.76. The molecule has 128 valence electrons. The second-order valence-electron chi connectivity index (χ2n) is 6.10. The first-order valence-corrected chi connectivity index (χ1v) is 8.93. The number of thiazole rings is 1. The van der Waals surface area contributed by atoms with Gasteiger partial charge in [-0.1, -0.05) is 23.5 Å². The fourth-order valence-electron chi connectivity index (χ4n) is 2.77. The van der Waals surface area contributed by atoms with Crippen molar-refractivity contribution in [2.75, 3.05) is 26.7 Å². The third kappa shape index (κ3) is 3.62. The topological polar surface area (TPSA) is 58.6 Å². The Morgan fingerprint density at radius 1 is 1.20 bits per heavy atom. The molecule has 0 N–H and O–H groups in total. The molecule has 1 aliphatic rings. The van der Waals surface area contributed by atoms with Gasteiger partial charge in [0.1, 0.15) is 11.3 Å². The highest BCUT2D eigenvalue weighted by Gasteiger charge is 2.20. The highest BCUT2D eigenvalue weighted by Crippen LogP contribution is 2.30. The van der Waals surface area contributed by atoms with E-state index in [-0.39, 0.29) is 5.91 Å². The highest BCUT2D eigenvalue weighted by molar-refractivity contribution is 7.20. The number of likely N-dealkylation sites (N-methyl/N-ethyl adjacent to an activating group) is 1. The van der Waals surface area contributed by atoms with Gasteiger partial charge in [-0.15, -0.1) is 0 Å². The molecule has 6 nitrogen and oxygen atoms in total. The van der Waals surface area contributed by atoms with Gasteiger partial charge in [0.25, 0.3) is 5.19 Å². The molecular weight excluding hydrogens is 336 g/mol. The van der Waals surface area contributed by atoms with Gasteiger partial charge in [-0.25, -0.2) is 4.98 Å². The average molecular weight is 354 g/mol. The monoisotopic (exact) mass is 354 g/mol. The lowest BCUT2D eigenvalue weighted by Crippen LogP contribution is -2.47. The molecule has 3 heterocycles. The second kappa shape index (κ2) is 6.78. The molecule has 0 radical (unpaired) electrons. The third-order valence-corrected chi connectivity index (χ3v) is 5.16. The molecule has 0 saturated carbocycles. The number of ether oxygens (including phenoxy) is 1. The minimum absolute atomic E-state index is 0.177. The van der Waals surface area contributed by atoms with Crippen LogP contribution in [-0.4, -0.2) is 52.4 Å². The zero-order valence-corrected chi connectivity index (χ0v) is 14.7. The third-order valence-electron chi connectivity index (χ3n) is 4.24. The lowest BCUT2D eigenvalue weighted by Gasteiger charge is -2.31. The number of amides is 1. The van der Waals surface area contributed by atoms with Crippen LogP contribution in [0.15, 0.2) is 42.7 Å². The largest absolute Gasteiger partial charge is 0.431 e. The van der Waals surface area contributed by atoms with Crippen LogP contribution in [0, 0.1) is 0 Å². The number of hydrogen-bond donors (Lipinski definition) is 0. The number of carbonyl (C=O) groups is 1. The summed E-state index contributed by atoms with van der Waals surface area (Å²) in [6.45, 7) is 2.94. The van der Waals surface area contributed by atoms with Gasteiger partial charge in [0.2, 0.25) is 5.91 Å². The van der Waals surface area contributed by atoms with E-state index >= 15 is 0 Å². The molecule has 3 aromatic rings. The quantitative estimate of drug-likeness (QED) is 0.721. The zero-order valence-electron chi connectivity index (χ0n) is 13.9. The van der Waals surface area contributed by atoms with E-state index in [0.29, 0.717) is 11.7 Å². The number of benzene rings is 1. The van der Waals surface area contributed by atoms with E-state index < -0.39 is 0 Å². The van der Waals surface area contributed by atoms with Crippen molar-refractivity contribution in [1.29, 1.82) is 0 Å². The van der Waals surface area contributed by atoms with Crippen LogP contribution in [0.2, 0.25) is 0 Å². The molecule has 2 aromatic heterocycles. The maximum Gasteiger partial charge on any atom is 0.279 e. The normalized spacial score (nSPS) is 15.7. The van der Waals surface area contributed by atoms with Crippen LogP contribution in [-0.2, 0) is 11.3 Å². The van der Waals surface area contributed by atoms with E-state index in [4.69, 9.17) is 4.74 Å². The minimum Gasteiger partial charge on any atom is -0.431 e. The number of pyridine rings is 1. The van der Waals surface area contributed by atoms with Gasteiger partial charge in [-0.2, -0.15) is 0 Å². The summed E-state index contributed by atoms with van der Waals surface area (Å²) in [5.41, 5.74) is 2.01. The molecule has 1 aliphatic heterocycles. The van der Waals surface area contributed by atoms with E-state index in [9.17, 15) is 4.79 Å². The molecule has 0 bridgehead atoms. The summed E-state index contributed by atoms with van der Waals surface area (Å²) in [7, 11) is 1.85. The molecule has 0 unspecified atom stereocenters. The lowest BCUT2D eigenvalue weighted by atomic mass is 10.2. The van der Waals surface area contributed by atoms with Gasteiger partial charge in [-0.05, 0) is 23.8 Å². The Labute approximate surface area is 149 Å². The number of rotatable bonds is 4. The number of aromatic nitrogens is 2. The van der Waals surface area contributed by atoms with E-state index in [1.54, 1.807) is 17.3 Å². The molecule has 0 aliphatic carbocycles. The van der Waals surface area contributed by atoms with E-state index in [0.717, 1.165) is 35.6 Å². The Hall–Kier alpha value is -2.51. The van der Waals surface area contributed by atoms with Crippen LogP contribution in [0.25, 0.3) is 10.2 Å². The number of nitrogens with zero attached hydrogens (tertiary/aromatic N) is 4. The molecule has 1 amide bonds. The van der Waals surface area contributed by atoms with Crippen molar-refractivity contribution in [3.8, 4) is 10.9 Å². The van der Waals surface area contributed by atoms with Crippen LogP contribution in [0.1, 0.15) is 5.56 Å². The number of hydrogen-bond acceptors (Lipinski definition) is 6. The van der Waals surface area contributed by atoms with Crippen LogP contribution in [0.4, 0.5) is 0 Å². The van der Waals surface area contributed by atoms with Crippen LogP contribution in [0.3, 0.4) is 0 Å². The Bertz CT molecular complexity index is 860. The smallest absolute Gasteiger partial charge is 0.279 e. The van der Waals surface area contributed by atoms with Crippen LogP contribution >= 0.6 is 11.3 Å². The Balaban J connectivity index is 1.40. The van der Waals surface area contributed by atoms with E-state index in [1.165, 1.54) is 16.9 Å². The summed E-state index contributed by atoms with van der Waals surface area (Å²) in [6, 6.07) is 9.88. The van der Waals surface area contributed by atoms with Crippen molar-refractivity contribution in [2.45, 2.75) is 6.54 Å². The first-order valence-electron chi connectivity index (χ1n) is 8.11. The lowest BCUT2D eigenvalue weighted by molar-refractivity contribution is -0.134. The van der Waals surface area contributed by atoms with Crippen molar-refractivity contribution in [2.24, 2.45) is 0 Å². The van der Waals surface area contributed by atoms with Gasteiger partial charge in [0.05, 0.1) is 17.4 Å². The molecule has 1 aromatic carbocycles. The van der Waals surface area contributed by atoms with E-state index in [1.807, 2.05) is 37.4 Å². The summed E-state index contributed by atoms with van der Waals surface area (Å²) in [4.78, 5) is 24.2. The highest BCUT2D eigenvalue weighted by atomic mass is 32.1. The van der Waals surface area contributed by atoms with Crippen molar-refractivity contribution >= 4 is 27.5 Å². The predicted molar refractivity (Wildman–Crippen MR) is 96.8 cm³/mol. The number of fused-ring (bicyclic) bond motifs is 1. The van der Waals surface area contributed by atoms with Crippen molar-refractivity contribution in [1.82, 2.24) is 19.8 Å². The van der Waals surface area contributed by atoms with Crippen molar-refractivity contribution < 1.29 is 9.53 Å². The number of carbonyl (C=O) groups excluding carboxylic acids is 1. The second-order valence-corrected chi connectivity index (χ2v) is 7.09. The molecule has 0 atom stereocenters. The molecule has 1 saturated heterocycles. The Kier molecular flexibility index (Phi) is 4.33. The van der Waals surface area contributed by atoms with Gasteiger partial charge >= 0.3 is 0 Å². The minimum atomic E-state index is 0.177. The van der Waals surface area contributed by atoms with Crippen molar-refractivity contribution in [3.63, 3.8) is 0 Å². The van der Waals surface area contributed by atoms with Gasteiger partial charge in [0, 0.05) is 32.9 Å². The summed E-state index contributed by atoms with van der Waals surface area (Å²) >= 11 is 1.50. The summed E-state index contributed by atoms with van der Waals surface area (Å²) in [5, 5.41) is 0.611. The first kappa shape index (κ1) is 16.0. The molecule has 25 heavy (non-hydrogen) atoms. The summed E-state index contributed by atoms with van der Waals surface area (Å²) < 4.78 is 6.90. The number of piperazine rings is 1. The average Bonchev–Trinajstić information content (AvgIpc) is 3.02. The Morgan fingerprint density at radius 3 is 2.80 bits per heavy atom. The van der Waals surface area contributed by atoms with Crippen LogP contribution in [0.5, 0.6) is 10.9 Å². The maximum absolute atomic E-state index is 11.8. The zero-order chi connectivity index (χ0) is 17.2. The summed E-state index contributed by atoms with van der Waals surface area (Å²) in [5.74, 6) is 0.932. The van der Waals surface area contributed by atoms with Gasteiger partial charge in [0.15, 0.2) is 0 Å². The maximum atomic E-state index is 11.8. The Morgan fingerprint density at radius 2 is 2.04 bits per heavy atom.